The van der Waals surface area contributed by atoms with E-state index < -0.39 is 23.9 Å². The summed E-state index contributed by atoms with van der Waals surface area (Å²) in [7, 11) is 1.30. The highest BCUT2D eigenvalue weighted by atomic mass is 35.5. The Labute approximate surface area is 245 Å². The molecule has 2 aromatic carbocycles. The number of ether oxygens (including phenoxy) is 2. The minimum absolute atomic E-state index is 0.120. The van der Waals surface area contributed by atoms with E-state index in [4.69, 9.17) is 25.5 Å². The van der Waals surface area contributed by atoms with Crippen LogP contribution in [0.5, 0.6) is 0 Å². The van der Waals surface area contributed by atoms with E-state index in [0.29, 0.717) is 47.3 Å². The summed E-state index contributed by atoms with van der Waals surface area (Å²) < 4.78 is 16.6. The van der Waals surface area contributed by atoms with Gasteiger partial charge in [-0.05, 0) is 68.5 Å². The number of carbonyl (C=O) groups is 3. The first-order valence-electron chi connectivity index (χ1n) is 14.0. The number of oxazole rings is 1. The number of amides is 2. The Morgan fingerprint density at radius 2 is 1.73 bits per heavy atom. The van der Waals surface area contributed by atoms with Gasteiger partial charge < -0.3 is 24.5 Å². The number of nitrogens with one attached hydrogen (secondary N) is 2. The number of methoxy groups -OCH3 is 1. The van der Waals surface area contributed by atoms with Gasteiger partial charge in [0.1, 0.15) is 6.10 Å². The number of benzene rings is 2. The monoisotopic (exact) mass is 581 g/mol. The van der Waals surface area contributed by atoms with Gasteiger partial charge in [-0.15, -0.1) is 0 Å². The van der Waals surface area contributed by atoms with E-state index in [0.717, 1.165) is 37.7 Å². The molecule has 218 valence electrons. The normalized spacial score (nSPS) is 17.3. The Morgan fingerprint density at radius 1 is 1.00 bits per heavy atom. The first kappa shape index (κ1) is 30.1. The van der Waals surface area contributed by atoms with Gasteiger partial charge in [0.25, 0.3) is 0 Å². The molecule has 10 heteroatoms. The summed E-state index contributed by atoms with van der Waals surface area (Å²) in [6, 6.07) is 13.9. The maximum Gasteiger partial charge on any atom is 0.323 e. The Kier molecular flexibility index (Phi) is 10.8. The molecule has 4 rings (SSSR count). The molecule has 41 heavy (non-hydrogen) atoms. The Hall–Kier alpha value is -3.85. The summed E-state index contributed by atoms with van der Waals surface area (Å²) in [5, 5.41) is 5.96. The molecule has 1 aromatic heterocycles. The second kappa shape index (κ2) is 14.7. The van der Waals surface area contributed by atoms with Gasteiger partial charge >= 0.3 is 18.0 Å². The van der Waals surface area contributed by atoms with Gasteiger partial charge in [0, 0.05) is 17.2 Å². The summed E-state index contributed by atoms with van der Waals surface area (Å²) in [5.74, 6) is -0.483. The van der Waals surface area contributed by atoms with Crippen LogP contribution in [0.1, 0.15) is 70.1 Å². The zero-order valence-electron chi connectivity index (χ0n) is 23.4. The van der Waals surface area contributed by atoms with Crippen molar-refractivity contribution in [1.29, 1.82) is 0 Å². The van der Waals surface area contributed by atoms with Gasteiger partial charge in [0.2, 0.25) is 0 Å². The van der Waals surface area contributed by atoms with Crippen molar-refractivity contribution < 1.29 is 28.3 Å². The number of para-hydroxylation sites is 1. The molecule has 0 bridgehead atoms. The van der Waals surface area contributed by atoms with Crippen LogP contribution in [0.2, 0.25) is 5.02 Å². The fraction of sp³-hybridized carbons (Fsp3) is 0.419. The van der Waals surface area contributed by atoms with Crippen molar-refractivity contribution in [3.63, 3.8) is 0 Å². The molecule has 0 spiro atoms. The molecule has 1 heterocycles. The Balaban J connectivity index is 1.27. The fourth-order valence-electron chi connectivity index (χ4n) is 4.92. The Bertz CT molecular complexity index is 1320. The van der Waals surface area contributed by atoms with Crippen molar-refractivity contribution in [1.82, 2.24) is 4.98 Å². The molecule has 0 radical (unpaired) electrons. The number of anilines is 2. The average molecular weight is 582 g/mol. The van der Waals surface area contributed by atoms with Crippen molar-refractivity contribution in [2.75, 3.05) is 17.7 Å². The molecule has 2 N–H and O–H groups in total. The Morgan fingerprint density at radius 3 is 2.41 bits per heavy atom. The predicted octanol–water partition coefficient (Wildman–Crippen LogP) is 7.58. The van der Waals surface area contributed by atoms with E-state index >= 15 is 0 Å². The molecule has 1 fully saturated rings. The van der Waals surface area contributed by atoms with Crippen molar-refractivity contribution in [2.24, 2.45) is 5.92 Å². The minimum atomic E-state index is -0.864. The molecule has 1 unspecified atom stereocenters. The van der Waals surface area contributed by atoms with Gasteiger partial charge in [-0.25, -0.2) is 9.78 Å². The van der Waals surface area contributed by atoms with Gasteiger partial charge in [0.05, 0.1) is 24.0 Å². The van der Waals surface area contributed by atoms with Crippen LogP contribution >= 0.6 is 11.6 Å². The highest BCUT2D eigenvalue weighted by Crippen LogP contribution is 2.36. The summed E-state index contributed by atoms with van der Waals surface area (Å²) in [4.78, 5) is 41.7. The molecule has 1 saturated carbocycles. The van der Waals surface area contributed by atoms with Gasteiger partial charge in [-0.3, -0.25) is 9.59 Å². The molecular formula is C31H36ClN3O6. The third kappa shape index (κ3) is 8.33. The number of unbranched alkanes of at least 4 members (excludes halogenated alkanes) is 2. The molecule has 0 aliphatic heterocycles. The van der Waals surface area contributed by atoms with Gasteiger partial charge in [0.15, 0.2) is 17.6 Å². The van der Waals surface area contributed by atoms with Crippen LogP contribution in [0.25, 0.3) is 11.3 Å². The quantitative estimate of drug-likeness (QED) is 0.136. The van der Waals surface area contributed by atoms with Crippen molar-refractivity contribution in [3.8, 4) is 11.3 Å². The molecule has 0 saturated heterocycles. The van der Waals surface area contributed by atoms with Crippen LogP contribution in [0.15, 0.2) is 59.1 Å². The summed E-state index contributed by atoms with van der Waals surface area (Å²) in [5.41, 5.74) is 1.98. The van der Waals surface area contributed by atoms with Crippen molar-refractivity contribution in [3.05, 3.63) is 65.6 Å². The first-order valence-corrected chi connectivity index (χ1v) is 14.4. The van der Waals surface area contributed by atoms with E-state index in [1.165, 1.54) is 7.11 Å². The lowest BCUT2D eigenvalue weighted by Crippen LogP contribution is -2.32. The van der Waals surface area contributed by atoms with Crippen LogP contribution in [-0.2, 0) is 19.1 Å². The molecule has 3 aromatic rings. The zero-order chi connectivity index (χ0) is 29.2. The number of hydrogen-bond donors (Lipinski definition) is 2. The third-order valence-electron chi connectivity index (χ3n) is 7.25. The molecule has 9 nitrogen and oxygen atoms in total. The summed E-state index contributed by atoms with van der Waals surface area (Å²) >= 11 is 6.10. The number of carbonyl (C=O) groups excluding carboxylic acids is 3. The van der Waals surface area contributed by atoms with E-state index in [1.807, 2.05) is 12.1 Å². The number of rotatable bonds is 11. The van der Waals surface area contributed by atoms with Crippen LogP contribution < -0.4 is 10.6 Å². The highest BCUT2D eigenvalue weighted by Gasteiger charge is 2.33. The number of hydrogen-bond acceptors (Lipinski definition) is 7. The smallest absolute Gasteiger partial charge is 0.323 e. The molecule has 1 aliphatic carbocycles. The highest BCUT2D eigenvalue weighted by molar-refractivity contribution is 6.33. The minimum Gasteiger partial charge on any atom is -0.468 e. The van der Waals surface area contributed by atoms with Crippen molar-refractivity contribution in [2.45, 2.75) is 70.3 Å². The van der Waals surface area contributed by atoms with E-state index in [9.17, 15) is 14.4 Å². The average Bonchev–Trinajstić information content (AvgIpc) is 3.47. The predicted molar refractivity (Wildman–Crippen MR) is 157 cm³/mol. The van der Waals surface area contributed by atoms with Crippen LogP contribution in [-0.4, -0.2) is 36.2 Å². The number of urea groups is 1. The van der Waals surface area contributed by atoms with E-state index in [2.05, 4.69) is 22.5 Å². The van der Waals surface area contributed by atoms with Crippen LogP contribution in [0, 0.1) is 5.92 Å². The lowest BCUT2D eigenvalue weighted by atomic mass is 9.87. The second-order valence-corrected chi connectivity index (χ2v) is 10.6. The lowest BCUT2D eigenvalue weighted by molar-refractivity contribution is -0.165. The number of aromatic nitrogens is 1. The van der Waals surface area contributed by atoms with Gasteiger partial charge in [-0.1, -0.05) is 49.9 Å². The fourth-order valence-corrected chi connectivity index (χ4v) is 5.10. The zero-order valence-corrected chi connectivity index (χ0v) is 24.1. The molecule has 1 aliphatic rings. The number of nitrogens with zero attached hydrogens (tertiary/aromatic N) is 1. The first-order chi connectivity index (χ1) is 19.9. The maximum absolute atomic E-state index is 12.7. The number of halogens is 1. The summed E-state index contributed by atoms with van der Waals surface area (Å²) in [6.07, 6.45) is 7.52. The van der Waals surface area contributed by atoms with E-state index in [1.54, 1.807) is 42.6 Å². The van der Waals surface area contributed by atoms with Crippen LogP contribution in [0.4, 0.5) is 16.2 Å². The van der Waals surface area contributed by atoms with Crippen molar-refractivity contribution >= 4 is 40.9 Å². The molecule has 2 amide bonds. The largest absolute Gasteiger partial charge is 0.468 e. The molecule has 1 atom stereocenters. The van der Waals surface area contributed by atoms with Gasteiger partial charge in [-0.2, -0.15) is 0 Å². The standard InChI is InChI=1S/C31H36ClN3O6/c1-3-4-5-8-24(29(36)39-2)30(37)40-23-17-13-21(14-18-23)28-33-19-27(41-28)20-11-15-22(16-12-20)34-31(38)35-26-10-7-6-9-25(26)32/h6-7,9-12,15-16,19,21,23-24H,3-5,8,13-14,17-18H2,1-2H3,(H2,34,35,38). The summed E-state index contributed by atoms with van der Waals surface area (Å²) in [6.45, 7) is 2.07. The topological polar surface area (TPSA) is 120 Å². The van der Waals surface area contributed by atoms with E-state index in [-0.39, 0.29) is 12.0 Å². The maximum atomic E-state index is 12.7. The lowest BCUT2D eigenvalue weighted by Gasteiger charge is -2.27. The number of esters is 2. The molecular weight excluding hydrogens is 546 g/mol. The second-order valence-electron chi connectivity index (χ2n) is 10.2. The third-order valence-corrected chi connectivity index (χ3v) is 7.58. The van der Waals surface area contributed by atoms with Crippen LogP contribution in [0.3, 0.4) is 0 Å². The SMILES string of the molecule is CCCCCC(C(=O)OC)C(=O)OC1CCC(c2ncc(-c3ccc(NC(=O)Nc4ccccc4Cl)cc3)o2)CC1.